The number of aryl methyl sites for hydroxylation is 3. The molecule has 0 aliphatic heterocycles. The van der Waals surface area contributed by atoms with Gasteiger partial charge in [-0.25, -0.2) is 4.79 Å². The molecule has 0 saturated carbocycles. The Kier molecular flexibility index (Phi) is 7.54. The molecule has 1 aromatic heterocycles. The molecule has 31 heavy (non-hydrogen) atoms. The maximum absolute atomic E-state index is 13.0. The topological polar surface area (TPSA) is 46.5 Å². The van der Waals surface area contributed by atoms with Gasteiger partial charge in [-0.2, -0.15) is 13.2 Å². The number of carbonyl (C=O) groups is 1. The van der Waals surface area contributed by atoms with E-state index in [9.17, 15) is 18.0 Å². The number of benzene rings is 2. The molecule has 166 valence electrons. The molecule has 0 spiro atoms. The molecule has 0 amide bonds. The molecule has 2 aromatic carbocycles. The second-order valence-corrected chi connectivity index (χ2v) is 9.42. The first kappa shape index (κ1) is 23.5. The standard InChI is InChI=1S/C23H23F3O3S2/c1-3-15-11-17(7-9-19(15)29-13-22(27)28)30-10-4-5-20-14(2)18-8-6-16(23(24,25)26)12-21(18)31-20/h6-9,11-12H,3-5,10,13H2,1-2H3,(H,27,28). The predicted octanol–water partition coefficient (Wildman–Crippen LogP) is 6.98. The van der Waals surface area contributed by atoms with Gasteiger partial charge in [0, 0.05) is 14.5 Å². The van der Waals surface area contributed by atoms with E-state index in [-0.39, 0.29) is 6.61 Å². The summed E-state index contributed by atoms with van der Waals surface area (Å²) < 4.78 is 44.9. The number of hydrogen-bond acceptors (Lipinski definition) is 4. The number of carboxylic acids is 1. The van der Waals surface area contributed by atoms with E-state index in [2.05, 4.69) is 0 Å². The maximum atomic E-state index is 13.0. The highest BCUT2D eigenvalue weighted by Gasteiger charge is 2.30. The van der Waals surface area contributed by atoms with Crippen molar-refractivity contribution >= 4 is 39.2 Å². The van der Waals surface area contributed by atoms with Gasteiger partial charge in [-0.15, -0.1) is 23.1 Å². The monoisotopic (exact) mass is 468 g/mol. The van der Waals surface area contributed by atoms with Gasteiger partial charge in [-0.3, -0.25) is 0 Å². The van der Waals surface area contributed by atoms with Gasteiger partial charge in [0.2, 0.25) is 0 Å². The van der Waals surface area contributed by atoms with Gasteiger partial charge in [0.15, 0.2) is 6.61 Å². The number of rotatable bonds is 9. The summed E-state index contributed by atoms with van der Waals surface area (Å²) in [6.45, 7) is 3.60. The first-order chi connectivity index (χ1) is 14.7. The Balaban J connectivity index is 1.60. The average molecular weight is 469 g/mol. The van der Waals surface area contributed by atoms with Crippen LogP contribution in [0.4, 0.5) is 13.2 Å². The van der Waals surface area contributed by atoms with Crippen LogP contribution < -0.4 is 4.74 Å². The molecule has 0 unspecified atom stereocenters. The molecule has 0 aliphatic carbocycles. The van der Waals surface area contributed by atoms with Crippen LogP contribution in [0, 0.1) is 6.92 Å². The Morgan fingerprint density at radius 3 is 2.65 bits per heavy atom. The summed E-state index contributed by atoms with van der Waals surface area (Å²) in [5.41, 5.74) is 1.42. The Labute approximate surface area is 187 Å². The second kappa shape index (κ2) is 9.96. The van der Waals surface area contributed by atoms with E-state index in [1.807, 2.05) is 26.0 Å². The van der Waals surface area contributed by atoms with E-state index >= 15 is 0 Å². The van der Waals surface area contributed by atoms with Crippen molar-refractivity contribution in [1.82, 2.24) is 0 Å². The van der Waals surface area contributed by atoms with Crippen LogP contribution in [-0.4, -0.2) is 23.4 Å². The fourth-order valence-corrected chi connectivity index (χ4v) is 5.52. The molecule has 3 nitrogen and oxygen atoms in total. The molecule has 0 atom stereocenters. The van der Waals surface area contributed by atoms with E-state index < -0.39 is 17.7 Å². The van der Waals surface area contributed by atoms with Crippen LogP contribution in [0.1, 0.15) is 34.9 Å². The summed E-state index contributed by atoms with van der Waals surface area (Å²) in [6, 6.07) is 9.71. The number of hydrogen-bond donors (Lipinski definition) is 1. The highest BCUT2D eigenvalue weighted by molar-refractivity contribution is 7.99. The van der Waals surface area contributed by atoms with Crippen LogP contribution in [0.2, 0.25) is 0 Å². The van der Waals surface area contributed by atoms with Crippen LogP contribution in [0.3, 0.4) is 0 Å². The van der Waals surface area contributed by atoms with Crippen LogP contribution in [0.5, 0.6) is 5.75 Å². The summed E-state index contributed by atoms with van der Waals surface area (Å²) in [7, 11) is 0. The fraction of sp³-hybridized carbons (Fsp3) is 0.348. The largest absolute Gasteiger partial charge is 0.482 e. The number of carboxylic acid groups (broad SMARTS) is 1. The number of thioether (sulfide) groups is 1. The second-order valence-electron chi connectivity index (χ2n) is 7.12. The van der Waals surface area contributed by atoms with Gasteiger partial charge in [0.1, 0.15) is 5.75 Å². The van der Waals surface area contributed by atoms with Crippen LogP contribution >= 0.6 is 23.1 Å². The molecule has 1 heterocycles. The number of fused-ring (bicyclic) bond motifs is 1. The highest BCUT2D eigenvalue weighted by Crippen LogP contribution is 2.37. The lowest BCUT2D eigenvalue weighted by Gasteiger charge is -2.10. The molecule has 0 fully saturated rings. The predicted molar refractivity (Wildman–Crippen MR) is 120 cm³/mol. The molecule has 0 aliphatic rings. The summed E-state index contributed by atoms with van der Waals surface area (Å²) in [6.07, 6.45) is -1.86. The Hall–Kier alpha value is -2.19. The van der Waals surface area contributed by atoms with Gasteiger partial charge < -0.3 is 9.84 Å². The fourth-order valence-electron chi connectivity index (χ4n) is 3.32. The summed E-state index contributed by atoms with van der Waals surface area (Å²) >= 11 is 3.15. The molecule has 3 aromatic rings. The van der Waals surface area contributed by atoms with Crippen molar-refractivity contribution in [1.29, 1.82) is 0 Å². The maximum Gasteiger partial charge on any atom is 0.416 e. The first-order valence-electron chi connectivity index (χ1n) is 9.88. The van der Waals surface area contributed by atoms with Crippen molar-refractivity contribution in [3.8, 4) is 5.75 Å². The Bertz CT molecular complexity index is 1070. The summed E-state index contributed by atoms with van der Waals surface area (Å²) in [5.74, 6) is 0.458. The number of thiophene rings is 1. The zero-order valence-corrected chi connectivity index (χ0v) is 18.8. The SMILES string of the molecule is CCc1cc(SCCCc2sc3cc(C(F)(F)F)ccc3c2C)ccc1OCC(=O)O. The van der Waals surface area contributed by atoms with E-state index in [0.29, 0.717) is 10.4 Å². The lowest BCUT2D eigenvalue weighted by molar-refractivity contribution is -0.139. The summed E-state index contributed by atoms with van der Waals surface area (Å²) in [5, 5.41) is 9.66. The zero-order chi connectivity index (χ0) is 22.6. The van der Waals surface area contributed by atoms with Crippen molar-refractivity contribution < 1.29 is 27.8 Å². The minimum atomic E-state index is -4.32. The van der Waals surface area contributed by atoms with Gasteiger partial charge in [-0.05, 0) is 78.8 Å². The van der Waals surface area contributed by atoms with Crippen molar-refractivity contribution in [3.05, 3.63) is 58.0 Å². The lowest BCUT2D eigenvalue weighted by atomic mass is 10.1. The minimum Gasteiger partial charge on any atom is -0.482 e. The molecule has 1 N–H and O–H groups in total. The first-order valence-corrected chi connectivity index (χ1v) is 11.7. The number of alkyl halides is 3. The number of aliphatic carboxylic acids is 1. The van der Waals surface area contributed by atoms with Gasteiger partial charge in [0.05, 0.1) is 5.56 Å². The van der Waals surface area contributed by atoms with Crippen LogP contribution in [0.25, 0.3) is 10.1 Å². The minimum absolute atomic E-state index is 0.363. The molecule has 3 rings (SSSR count). The third-order valence-electron chi connectivity index (χ3n) is 4.95. The lowest BCUT2D eigenvalue weighted by Crippen LogP contribution is -2.10. The van der Waals surface area contributed by atoms with Crippen molar-refractivity contribution in [2.75, 3.05) is 12.4 Å². The average Bonchev–Trinajstić information content (AvgIpc) is 3.04. The summed E-state index contributed by atoms with van der Waals surface area (Å²) in [4.78, 5) is 12.9. The van der Waals surface area contributed by atoms with E-state index in [1.165, 1.54) is 17.4 Å². The molecule has 0 bridgehead atoms. The smallest absolute Gasteiger partial charge is 0.416 e. The quantitative estimate of drug-likeness (QED) is 0.272. The third-order valence-corrected chi connectivity index (χ3v) is 7.34. The molecular formula is C23H23F3O3S2. The zero-order valence-electron chi connectivity index (χ0n) is 17.2. The van der Waals surface area contributed by atoms with Gasteiger partial charge >= 0.3 is 12.1 Å². The molecular weight excluding hydrogens is 445 g/mol. The van der Waals surface area contributed by atoms with Crippen LogP contribution in [0.15, 0.2) is 41.3 Å². The van der Waals surface area contributed by atoms with E-state index in [4.69, 9.17) is 9.84 Å². The van der Waals surface area contributed by atoms with Crippen LogP contribution in [-0.2, 0) is 23.8 Å². The molecule has 0 radical (unpaired) electrons. The van der Waals surface area contributed by atoms with Crippen molar-refractivity contribution in [2.24, 2.45) is 0 Å². The molecule has 0 saturated heterocycles. The van der Waals surface area contributed by atoms with Crippen molar-refractivity contribution in [2.45, 2.75) is 44.2 Å². The van der Waals surface area contributed by atoms with Gasteiger partial charge in [-0.1, -0.05) is 13.0 Å². The normalized spacial score (nSPS) is 11.8. The Morgan fingerprint density at radius 1 is 1.19 bits per heavy atom. The number of halogens is 3. The third kappa shape index (κ3) is 5.95. The van der Waals surface area contributed by atoms with E-state index in [0.717, 1.165) is 57.4 Å². The Morgan fingerprint density at radius 2 is 1.97 bits per heavy atom. The van der Waals surface area contributed by atoms with Gasteiger partial charge in [0.25, 0.3) is 0 Å². The van der Waals surface area contributed by atoms with E-state index in [1.54, 1.807) is 23.9 Å². The van der Waals surface area contributed by atoms with Crippen molar-refractivity contribution in [3.63, 3.8) is 0 Å². The number of ether oxygens (including phenoxy) is 1. The highest BCUT2D eigenvalue weighted by atomic mass is 32.2. The molecule has 8 heteroatoms.